The maximum atomic E-state index is 13.0. The number of alkyl halides is 1. The second-order valence-corrected chi connectivity index (χ2v) is 8.56. The van der Waals surface area contributed by atoms with E-state index in [0.717, 1.165) is 30.4 Å². The van der Waals surface area contributed by atoms with E-state index < -0.39 is 6.67 Å². The van der Waals surface area contributed by atoms with Crippen molar-refractivity contribution in [2.75, 3.05) is 12.0 Å². The van der Waals surface area contributed by atoms with Gasteiger partial charge in [-0.2, -0.15) is 0 Å². The molecule has 1 fully saturated rings. The SMILES string of the molecule is C=C(/C=C(C)\C=C/CF)c1cccc(C(=O)Nc2cnccc2[C@@H]2C[C@H](C)C[C@H](N)C2)n1. The van der Waals surface area contributed by atoms with Crippen molar-refractivity contribution in [1.82, 2.24) is 9.97 Å². The topological polar surface area (TPSA) is 80.9 Å². The van der Waals surface area contributed by atoms with Gasteiger partial charge in [-0.1, -0.05) is 43.4 Å². The van der Waals surface area contributed by atoms with E-state index in [-0.39, 0.29) is 23.6 Å². The van der Waals surface area contributed by atoms with Gasteiger partial charge in [-0.05, 0) is 67.4 Å². The first kappa shape index (κ1) is 23.5. The number of halogens is 1. The van der Waals surface area contributed by atoms with Gasteiger partial charge in [-0.15, -0.1) is 0 Å². The van der Waals surface area contributed by atoms with Crippen LogP contribution in [0.5, 0.6) is 0 Å². The number of anilines is 1. The summed E-state index contributed by atoms with van der Waals surface area (Å²) in [6.45, 7) is 7.58. The summed E-state index contributed by atoms with van der Waals surface area (Å²) in [6.07, 6.45) is 11.3. The highest BCUT2D eigenvalue weighted by molar-refractivity contribution is 6.03. The summed E-state index contributed by atoms with van der Waals surface area (Å²) in [5.74, 6) is 0.526. The number of hydrogen-bond acceptors (Lipinski definition) is 4. The van der Waals surface area contributed by atoms with Crippen LogP contribution in [0.1, 0.15) is 60.8 Å². The minimum absolute atomic E-state index is 0.168. The molecular weight excluding hydrogens is 403 g/mol. The number of nitrogens with two attached hydrogens (primary N) is 1. The second-order valence-electron chi connectivity index (χ2n) is 8.56. The smallest absolute Gasteiger partial charge is 0.274 e. The summed E-state index contributed by atoms with van der Waals surface area (Å²) in [6, 6.07) is 7.37. The Morgan fingerprint density at radius 3 is 2.81 bits per heavy atom. The van der Waals surface area contributed by atoms with Gasteiger partial charge in [-0.25, -0.2) is 9.37 Å². The van der Waals surface area contributed by atoms with Crippen molar-refractivity contribution in [2.45, 2.75) is 45.1 Å². The van der Waals surface area contributed by atoms with Crippen molar-refractivity contribution in [3.63, 3.8) is 0 Å². The molecular formula is C26H31FN4O. The van der Waals surface area contributed by atoms with E-state index in [2.05, 4.69) is 28.8 Å². The van der Waals surface area contributed by atoms with Gasteiger partial charge in [0, 0.05) is 12.2 Å². The number of aromatic nitrogens is 2. The van der Waals surface area contributed by atoms with E-state index >= 15 is 0 Å². The highest BCUT2D eigenvalue weighted by Gasteiger charge is 2.27. The van der Waals surface area contributed by atoms with Crippen LogP contribution < -0.4 is 11.1 Å². The summed E-state index contributed by atoms with van der Waals surface area (Å²) in [7, 11) is 0. The highest BCUT2D eigenvalue weighted by Crippen LogP contribution is 2.38. The van der Waals surface area contributed by atoms with Crippen molar-refractivity contribution in [3.05, 3.63) is 84.0 Å². The molecule has 1 saturated carbocycles. The van der Waals surface area contributed by atoms with Crippen LogP contribution in [0.25, 0.3) is 5.57 Å². The predicted octanol–water partition coefficient (Wildman–Crippen LogP) is 5.45. The molecule has 5 nitrogen and oxygen atoms in total. The van der Waals surface area contributed by atoms with Gasteiger partial charge in [0.1, 0.15) is 12.4 Å². The van der Waals surface area contributed by atoms with E-state index in [4.69, 9.17) is 5.73 Å². The number of allylic oxidation sites excluding steroid dienone is 5. The van der Waals surface area contributed by atoms with Gasteiger partial charge in [0.05, 0.1) is 17.6 Å². The van der Waals surface area contributed by atoms with Crippen LogP contribution in [-0.4, -0.2) is 28.6 Å². The number of carbonyl (C=O) groups excluding carboxylic acids is 1. The third-order valence-electron chi connectivity index (χ3n) is 5.70. The van der Waals surface area contributed by atoms with Gasteiger partial charge >= 0.3 is 0 Å². The molecule has 3 rings (SSSR count). The van der Waals surface area contributed by atoms with Gasteiger partial charge in [-0.3, -0.25) is 9.78 Å². The Hall–Kier alpha value is -3.12. The summed E-state index contributed by atoms with van der Waals surface area (Å²) >= 11 is 0. The number of nitrogens with one attached hydrogen (secondary N) is 1. The highest BCUT2D eigenvalue weighted by atomic mass is 19.1. The maximum Gasteiger partial charge on any atom is 0.274 e. The van der Waals surface area contributed by atoms with E-state index in [1.165, 1.54) is 6.08 Å². The van der Waals surface area contributed by atoms with E-state index in [0.29, 0.717) is 22.9 Å². The molecule has 2 heterocycles. The first-order chi connectivity index (χ1) is 15.4. The molecule has 0 spiro atoms. The minimum atomic E-state index is -0.520. The van der Waals surface area contributed by atoms with Gasteiger partial charge in [0.25, 0.3) is 5.91 Å². The lowest BCUT2D eigenvalue weighted by Gasteiger charge is -2.32. The molecule has 1 amide bonds. The molecule has 2 aromatic heterocycles. The average molecular weight is 435 g/mol. The van der Waals surface area contributed by atoms with Crippen LogP contribution in [-0.2, 0) is 0 Å². The van der Waals surface area contributed by atoms with Crippen LogP contribution in [0.3, 0.4) is 0 Å². The number of amides is 1. The maximum absolute atomic E-state index is 13.0. The molecule has 3 N–H and O–H groups in total. The Balaban J connectivity index is 1.78. The number of rotatable bonds is 7. The fourth-order valence-corrected chi connectivity index (χ4v) is 4.33. The zero-order chi connectivity index (χ0) is 23.1. The second kappa shape index (κ2) is 11.0. The molecule has 1 aliphatic rings. The van der Waals surface area contributed by atoms with Crippen molar-refractivity contribution in [2.24, 2.45) is 11.7 Å². The molecule has 0 bridgehead atoms. The number of carbonyl (C=O) groups is 1. The molecule has 0 radical (unpaired) electrons. The van der Waals surface area contributed by atoms with E-state index in [1.807, 2.05) is 19.1 Å². The Kier molecular flexibility index (Phi) is 8.06. The largest absolute Gasteiger partial charge is 0.328 e. The summed E-state index contributed by atoms with van der Waals surface area (Å²) in [5.41, 5.74) is 10.4. The molecule has 0 unspecified atom stereocenters. The first-order valence-electron chi connectivity index (χ1n) is 10.9. The van der Waals surface area contributed by atoms with Crippen LogP contribution in [0.4, 0.5) is 10.1 Å². The molecule has 0 saturated heterocycles. The predicted molar refractivity (Wildman–Crippen MR) is 128 cm³/mol. The third kappa shape index (κ3) is 6.20. The van der Waals surface area contributed by atoms with Crippen molar-refractivity contribution >= 4 is 17.2 Å². The molecule has 2 aromatic rings. The zero-order valence-electron chi connectivity index (χ0n) is 18.7. The molecule has 32 heavy (non-hydrogen) atoms. The van der Waals surface area contributed by atoms with Crippen LogP contribution in [0.2, 0.25) is 0 Å². The fraction of sp³-hybridized carbons (Fsp3) is 0.346. The number of pyridine rings is 2. The minimum Gasteiger partial charge on any atom is -0.328 e. The quantitative estimate of drug-likeness (QED) is 0.568. The third-order valence-corrected chi connectivity index (χ3v) is 5.70. The Bertz CT molecular complexity index is 1020. The lowest BCUT2D eigenvalue weighted by atomic mass is 9.76. The molecule has 6 heteroatoms. The Labute approximate surface area is 189 Å². The summed E-state index contributed by atoms with van der Waals surface area (Å²) in [5, 5.41) is 2.99. The van der Waals surface area contributed by atoms with Crippen molar-refractivity contribution < 1.29 is 9.18 Å². The van der Waals surface area contributed by atoms with Gasteiger partial charge in [0.2, 0.25) is 0 Å². The molecule has 168 valence electrons. The van der Waals surface area contributed by atoms with E-state index in [1.54, 1.807) is 36.7 Å². The number of nitrogens with zero attached hydrogens (tertiary/aromatic N) is 2. The van der Waals surface area contributed by atoms with Gasteiger partial charge < -0.3 is 11.1 Å². The lowest BCUT2D eigenvalue weighted by molar-refractivity contribution is 0.102. The van der Waals surface area contributed by atoms with Crippen LogP contribution >= 0.6 is 0 Å². The first-order valence-corrected chi connectivity index (χ1v) is 10.9. The Morgan fingerprint density at radius 1 is 1.28 bits per heavy atom. The van der Waals surface area contributed by atoms with E-state index in [9.17, 15) is 9.18 Å². The van der Waals surface area contributed by atoms with Gasteiger partial charge in [0.15, 0.2) is 0 Å². The lowest BCUT2D eigenvalue weighted by Crippen LogP contribution is -2.31. The van der Waals surface area contributed by atoms with Crippen LogP contribution in [0, 0.1) is 5.92 Å². The molecule has 0 aliphatic heterocycles. The molecule has 3 atom stereocenters. The average Bonchev–Trinajstić information content (AvgIpc) is 2.77. The fourth-order valence-electron chi connectivity index (χ4n) is 4.33. The van der Waals surface area contributed by atoms with Crippen molar-refractivity contribution in [1.29, 1.82) is 0 Å². The normalized spacial score (nSPS) is 21.5. The number of hydrogen-bond donors (Lipinski definition) is 2. The van der Waals surface area contributed by atoms with Crippen molar-refractivity contribution in [3.8, 4) is 0 Å². The Morgan fingerprint density at radius 2 is 2.06 bits per heavy atom. The summed E-state index contributed by atoms with van der Waals surface area (Å²) < 4.78 is 12.3. The standard InChI is InChI=1S/C26H31FN4O/c1-17(6-5-10-27)12-19(3)23-7-4-8-24(30-23)26(32)31-25-16-29-11-9-22(25)20-13-18(2)14-21(28)15-20/h4-9,11-12,16,18,20-21H,3,10,13-15,28H2,1-2H3,(H,31,32)/b6-5-,17-12-/t18-,20+,21-/m0/s1. The zero-order valence-corrected chi connectivity index (χ0v) is 18.7. The molecule has 1 aliphatic carbocycles. The monoisotopic (exact) mass is 434 g/mol. The van der Waals surface area contributed by atoms with Crippen LogP contribution in [0.15, 0.2) is 67.0 Å². The molecule has 0 aromatic carbocycles. The summed E-state index contributed by atoms with van der Waals surface area (Å²) in [4.78, 5) is 21.7.